The van der Waals surface area contributed by atoms with E-state index in [4.69, 9.17) is 15.2 Å². The third kappa shape index (κ3) is 5.43. The molecule has 2 heterocycles. The summed E-state index contributed by atoms with van der Waals surface area (Å²) >= 11 is 1.68. The first kappa shape index (κ1) is 20.1. The number of hydrogen-bond acceptors (Lipinski definition) is 7. The lowest BCUT2D eigenvalue weighted by Crippen LogP contribution is -2.14. The molecule has 7 heteroatoms. The van der Waals surface area contributed by atoms with E-state index < -0.39 is 0 Å². The first-order valence-electron chi connectivity index (χ1n) is 9.34. The highest BCUT2D eigenvalue weighted by atomic mass is 32.1. The number of thiazole rings is 1. The Bertz CT molecular complexity index is 870. The number of para-hydroxylation sites is 1. The number of nitrogens with one attached hydrogen (secondary N) is 1. The van der Waals surface area contributed by atoms with Gasteiger partial charge in [0.2, 0.25) is 5.88 Å². The Labute approximate surface area is 169 Å². The Balaban J connectivity index is 1.51. The molecule has 0 saturated carbocycles. The third-order valence-corrected chi connectivity index (χ3v) is 5.19. The smallest absolute Gasteiger partial charge is 0.245 e. The molecule has 0 spiro atoms. The summed E-state index contributed by atoms with van der Waals surface area (Å²) < 4.78 is 11.6. The van der Waals surface area contributed by atoms with E-state index in [-0.39, 0.29) is 0 Å². The fourth-order valence-corrected chi connectivity index (χ4v) is 3.41. The molecule has 0 amide bonds. The monoisotopic (exact) mass is 398 g/mol. The molecule has 28 heavy (non-hydrogen) atoms. The lowest BCUT2D eigenvalue weighted by Gasteiger charge is -2.17. The van der Waals surface area contributed by atoms with E-state index in [0.29, 0.717) is 37.1 Å². The molecule has 1 aromatic carbocycles. The molecule has 0 unspecified atom stereocenters. The zero-order chi connectivity index (χ0) is 19.8. The topological polar surface area (TPSA) is 82.3 Å². The molecule has 6 nitrogen and oxygen atoms in total. The highest BCUT2D eigenvalue weighted by Gasteiger charge is 2.14. The lowest BCUT2D eigenvalue weighted by atomic mass is 10.1. The maximum atomic E-state index is 6.32. The van der Waals surface area contributed by atoms with Gasteiger partial charge >= 0.3 is 0 Å². The van der Waals surface area contributed by atoms with Crippen molar-refractivity contribution in [2.75, 3.05) is 30.8 Å². The van der Waals surface area contributed by atoms with E-state index in [2.05, 4.69) is 15.3 Å². The first-order chi connectivity index (χ1) is 13.6. The molecule has 0 aliphatic heterocycles. The van der Waals surface area contributed by atoms with Crippen molar-refractivity contribution >= 4 is 22.7 Å². The van der Waals surface area contributed by atoms with Gasteiger partial charge in [0.25, 0.3) is 0 Å². The zero-order valence-electron chi connectivity index (χ0n) is 16.3. The van der Waals surface area contributed by atoms with Crippen molar-refractivity contribution in [2.45, 2.75) is 26.7 Å². The van der Waals surface area contributed by atoms with Crippen LogP contribution in [0.2, 0.25) is 0 Å². The number of pyridine rings is 1. The van der Waals surface area contributed by atoms with Crippen molar-refractivity contribution in [3.8, 4) is 11.6 Å². The minimum Gasteiger partial charge on any atom is -0.437 e. The van der Waals surface area contributed by atoms with Gasteiger partial charge in [0.05, 0.1) is 17.3 Å². The number of anilines is 2. The Hall–Kier alpha value is -2.64. The second-order valence-electron chi connectivity index (χ2n) is 6.40. The zero-order valence-corrected chi connectivity index (χ0v) is 17.1. The highest BCUT2D eigenvalue weighted by molar-refractivity contribution is 7.09. The summed E-state index contributed by atoms with van der Waals surface area (Å²) in [5, 5.41) is 6.53. The molecule has 2 aromatic heterocycles. The molecule has 0 saturated heterocycles. The van der Waals surface area contributed by atoms with Crippen LogP contribution in [-0.2, 0) is 11.2 Å². The Kier molecular flexibility index (Phi) is 7.22. The number of hydrogen-bond donors (Lipinski definition) is 2. The van der Waals surface area contributed by atoms with Crippen LogP contribution < -0.4 is 15.8 Å². The fourth-order valence-electron chi connectivity index (χ4n) is 2.74. The number of aryl methyl sites for hydroxylation is 2. The number of benzene rings is 1. The molecule has 0 aliphatic carbocycles. The van der Waals surface area contributed by atoms with Crippen molar-refractivity contribution < 1.29 is 9.47 Å². The molecule has 3 rings (SSSR count). The predicted molar refractivity (Wildman–Crippen MR) is 114 cm³/mol. The summed E-state index contributed by atoms with van der Waals surface area (Å²) in [6, 6.07) is 9.52. The molecule has 0 atom stereocenters. The molecule has 0 radical (unpaired) electrons. The van der Waals surface area contributed by atoms with Crippen molar-refractivity contribution in [1.82, 2.24) is 9.97 Å². The number of nitrogens with two attached hydrogens (primary N) is 1. The number of aromatic nitrogens is 2. The van der Waals surface area contributed by atoms with E-state index >= 15 is 0 Å². The van der Waals surface area contributed by atoms with Crippen LogP contribution in [0.15, 0.2) is 41.9 Å². The molecular formula is C21H26N4O2S. The average Bonchev–Trinajstić information content (AvgIpc) is 3.22. The number of nitrogens with zero attached hydrogens (tertiary/aromatic N) is 2. The highest BCUT2D eigenvalue weighted by Crippen LogP contribution is 2.34. The quantitative estimate of drug-likeness (QED) is 0.486. The van der Waals surface area contributed by atoms with Gasteiger partial charge in [0.1, 0.15) is 11.4 Å². The van der Waals surface area contributed by atoms with E-state index in [0.717, 1.165) is 34.8 Å². The van der Waals surface area contributed by atoms with Crippen LogP contribution >= 0.6 is 11.3 Å². The van der Waals surface area contributed by atoms with Gasteiger partial charge in [-0.3, -0.25) is 0 Å². The van der Waals surface area contributed by atoms with Gasteiger partial charge < -0.3 is 20.5 Å². The van der Waals surface area contributed by atoms with Crippen LogP contribution in [-0.4, -0.2) is 29.7 Å². The lowest BCUT2D eigenvalue weighted by molar-refractivity contribution is 0.141. The van der Waals surface area contributed by atoms with E-state index in [1.807, 2.05) is 55.8 Å². The van der Waals surface area contributed by atoms with Crippen LogP contribution in [0.1, 0.15) is 22.7 Å². The number of nitrogen functional groups attached to an aromatic ring is 1. The van der Waals surface area contributed by atoms with Crippen molar-refractivity contribution in [2.24, 2.45) is 0 Å². The second kappa shape index (κ2) is 10.1. The summed E-state index contributed by atoms with van der Waals surface area (Å²) in [5.74, 6) is 1.13. The maximum absolute atomic E-state index is 6.32. The molecule has 3 aromatic rings. The Morgan fingerprint density at radius 2 is 1.96 bits per heavy atom. The summed E-state index contributed by atoms with van der Waals surface area (Å²) in [6.07, 6.45) is 3.77. The second-order valence-corrected chi connectivity index (χ2v) is 7.38. The Morgan fingerprint density at radius 3 is 2.71 bits per heavy atom. The van der Waals surface area contributed by atoms with Crippen LogP contribution in [0.25, 0.3) is 0 Å². The van der Waals surface area contributed by atoms with Gasteiger partial charge in [0.15, 0.2) is 0 Å². The molecule has 3 N–H and O–H groups in total. The van der Waals surface area contributed by atoms with Gasteiger partial charge in [-0.05, 0) is 38.0 Å². The molecule has 0 bridgehead atoms. The number of rotatable bonds is 10. The molecule has 0 fully saturated rings. The summed E-state index contributed by atoms with van der Waals surface area (Å²) in [7, 11) is 0. The number of ether oxygens (including phenoxy) is 2. The minimum absolute atomic E-state index is 0.418. The standard InChI is InChI=1S/C21H26N4O2S/c1-15-16(2)25-21(27-17-7-4-3-5-8-17)19(22)20(15)24-10-13-26-12-6-9-18-23-11-14-28-18/h3-5,7-8,11,14H,6,9-10,12-13,22H2,1-2H3,(H,24,25). The maximum Gasteiger partial charge on any atom is 0.245 e. The van der Waals surface area contributed by atoms with Gasteiger partial charge in [-0.2, -0.15) is 0 Å². The summed E-state index contributed by atoms with van der Waals surface area (Å²) in [4.78, 5) is 8.77. The van der Waals surface area contributed by atoms with Crippen molar-refractivity contribution in [3.63, 3.8) is 0 Å². The van der Waals surface area contributed by atoms with E-state index in [1.165, 1.54) is 0 Å². The summed E-state index contributed by atoms with van der Waals surface area (Å²) in [6.45, 7) is 5.94. The van der Waals surface area contributed by atoms with E-state index in [1.54, 1.807) is 11.3 Å². The van der Waals surface area contributed by atoms with Crippen LogP contribution in [0.5, 0.6) is 11.6 Å². The van der Waals surface area contributed by atoms with Crippen molar-refractivity contribution in [1.29, 1.82) is 0 Å². The molecule has 148 valence electrons. The SMILES string of the molecule is Cc1nc(Oc2ccccc2)c(N)c(NCCOCCCc2nccs2)c1C. The van der Waals surface area contributed by atoms with Gasteiger partial charge in [-0.15, -0.1) is 11.3 Å². The van der Waals surface area contributed by atoms with Gasteiger partial charge in [0, 0.05) is 36.8 Å². The van der Waals surface area contributed by atoms with Gasteiger partial charge in [-0.1, -0.05) is 18.2 Å². The van der Waals surface area contributed by atoms with Crippen LogP contribution in [0.4, 0.5) is 11.4 Å². The van der Waals surface area contributed by atoms with Crippen molar-refractivity contribution in [3.05, 3.63) is 58.2 Å². The van der Waals surface area contributed by atoms with Gasteiger partial charge in [-0.25, -0.2) is 9.97 Å². The predicted octanol–water partition coefficient (Wildman–Crippen LogP) is 4.59. The largest absolute Gasteiger partial charge is 0.437 e. The van der Waals surface area contributed by atoms with Crippen LogP contribution in [0, 0.1) is 13.8 Å². The first-order valence-corrected chi connectivity index (χ1v) is 10.2. The molecular weight excluding hydrogens is 372 g/mol. The van der Waals surface area contributed by atoms with E-state index in [9.17, 15) is 0 Å². The molecule has 0 aliphatic rings. The normalized spacial score (nSPS) is 10.8. The fraction of sp³-hybridized carbons (Fsp3) is 0.333. The summed E-state index contributed by atoms with van der Waals surface area (Å²) in [5.41, 5.74) is 9.58. The van der Waals surface area contributed by atoms with Crippen LogP contribution in [0.3, 0.4) is 0 Å². The average molecular weight is 399 g/mol. The minimum atomic E-state index is 0.418. The third-order valence-electron chi connectivity index (χ3n) is 4.36. The Morgan fingerprint density at radius 1 is 1.14 bits per heavy atom.